The lowest BCUT2D eigenvalue weighted by Gasteiger charge is -2.36. The number of ether oxygens (including phenoxy) is 1. The fourth-order valence-electron chi connectivity index (χ4n) is 2.70. The largest absolute Gasteiger partial charge is 0.497 e. The number of hydrogen-bond acceptors (Lipinski definition) is 4. The van der Waals surface area contributed by atoms with E-state index in [0.29, 0.717) is 25.0 Å². The maximum absolute atomic E-state index is 11.6. The zero-order valence-corrected chi connectivity index (χ0v) is 13.7. The number of benzene rings is 1. The second-order valence-electron chi connectivity index (χ2n) is 5.72. The average molecular weight is 312 g/mol. The fraction of sp³-hybridized carbons (Fsp3) is 0.600. The van der Waals surface area contributed by atoms with Gasteiger partial charge in [0.25, 0.3) is 0 Å². The van der Waals surface area contributed by atoms with E-state index in [-0.39, 0.29) is 0 Å². The van der Waals surface area contributed by atoms with E-state index >= 15 is 0 Å². The van der Waals surface area contributed by atoms with Crippen molar-refractivity contribution in [2.75, 3.05) is 26.5 Å². The SMILES string of the molecule is COc1ccc(CN[C@H]2CCN(S(C)(=O)=O)C[C@@H]2C)cc1. The van der Waals surface area contributed by atoms with Gasteiger partial charge in [-0.25, -0.2) is 12.7 Å². The van der Waals surface area contributed by atoms with Gasteiger partial charge in [0, 0.05) is 25.7 Å². The molecule has 2 rings (SSSR count). The standard InChI is InChI=1S/C15H24N2O3S/c1-12-11-17(21(3,18)19)9-8-15(12)16-10-13-4-6-14(20-2)7-5-13/h4-7,12,15-16H,8-11H2,1-3H3/t12-,15-/m0/s1. The van der Waals surface area contributed by atoms with E-state index in [2.05, 4.69) is 12.2 Å². The van der Waals surface area contributed by atoms with E-state index < -0.39 is 10.0 Å². The second kappa shape index (κ2) is 6.77. The molecular formula is C15H24N2O3S. The Morgan fingerprint density at radius 1 is 1.33 bits per heavy atom. The summed E-state index contributed by atoms with van der Waals surface area (Å²) < 4.78 is 29.9. The van der Waals surface area contributed by atoms with Crippen LogP contribution in [0, 0.1) is 5.92 Å². The molecule has 1 heterocycles. The summed E-state index contributed by atoms with van der Waals surface area (Å²) in [5.74, 6) is 1.17. The molecule has 0 unspecified atom stereocenters. The van der Waals surface area contributed by atoms with Crippen molar-refractivity contribution >= 4 is 10.0 Å². The van der Waals surface area contributed by atoms with Gasteiger partial charge in [-0.05, 0) is 30.0 Å². The summed E-state index contributed by atoms with van der Waals surface area (Å²) in [6.45, 7) is 4.09. The monoisotopic (exact) mass is 312 g/mol. The minimum Gasteiger partial charge on any atom is -0.497 e. The molecule has 6 heteroatoms. The number of piperidine rings is 1. The summed E-state index contributed by atoms with van der Waals surface area (Å²) in [6.07, 6.45) is 2.13. The molecular weight excluding hydrogens is 288 g/mol. The van der Waals surface area contributed by atoms with Gasteiger partial charge in [0.15, 0.2) is 0 Å². The molecule has 0 saturated carbocycles. The third kappa shape index (κ3) is 4.43. The van der Waals surface area contributed by atoms with E-state index in [0.717, 1.165) is 18.7 Å². The van der Waals surface area contributed by atoms with E-state index in [1.54, 1.807) is 11.4 Å². The molecule has 0 aromatic heterocycles. The van der Waals surface area contributed by atoms with Crippen molar-refractivity contribution < 1.29 is 13.2 Å². The first-order chi connectivity index (χ1) is 9.90. The molecule has 1 aliphatic heterocycles. The Labute approximate surface area is 127 Å². The zero-order valence-electron chi connectivity index (χ0n) is 12.9. The summed E-state index contributed by atoms with van der Waals surface area (Å²) >= 11 is 0. The molecule has 0 spiro atoms. The van der Waals surface area contributed by atoms with Gasteiger partial charge >= 0.3 is 0 Å². The van der Waals surface area contributed by atoms with E-state index in [1.165, 1.54) is 11.8 Å². The lowest BCUT2D eigenvalue weighted by Crippen LogP contribution is -2.49. The van der Waals surface area contributed by atoms with Gasteiger partial charge in [-0.15, -0.1) is 0 Å². The van der Waals surface area contributed by atoms with Crippen molar-refractivity contribution in [3.63, 3.8) is 0 Å². The van der Waals surface area contributed by atoms with Crippen molar-refractivity contribution in [2.24, 2.45) is 5.92 Å². The number of nitrogens with zero attached hydrogens (tertiary/aromatic N) is 1. The van der Waals surface area contributed by atoms with Crippen LogP contribution in [0.4, 0.5) is 0 Å². The predicted molar refractivity (Wildman–Crippen MR) is 83.8 cm³/mol. The molecule has 0 amide bonds. The number of sulfonamides is 1. The molecule has 1 aliphatic rings. The lowest BCUT2D eigenvalue weighted by atomic mass is 9.95. The maximum atomic E-state index is 11.6. The Balaban J connectivity index is 1.86. The molecule has 21 heavy (non-hydrogen) atoms. The minimum absolute atomic E-state index is 0.312. The maximum Gasteiger partial charge on any atom is 0.211 e. The zero-order chi connectivity index (χ0) is 15.5. The summed E-state index contributed by atoms with van der Waals surface area (Å²) in [7, 11) is -1.41. The molecule has 1 aromatic carbocycles. The Morgan fingerprint density at radius 2 is 2.00 bits per heavy atom. The molecule has 1 saturated heterocycles. The average Bonchev–Trinajstić information content (AvgIpc) is 2.45. The summed E-state index contributed by atoms with van der Waals surface area (Å²) in [5.41, 5.74) is 1.20. The third-order valence-corrected chi connectivity index (χ3v) is 5.33. The van der Waals surface area contributed by atoms with E-state index in [9.17, 15) is 8.42 Å². The molecule has 0 radical (unpaired) electrons. The van der Waals surface area contributed by atoms with Crippen LogP contribution in [0.3, 0.4) is 0 Å². The van der Waals surface area contributed by atoms with Crippen LogP contribution in [0.25, 0.3) is 0 Å². The van der Waals surface area contributed by atoms with Gasteiger partial charge in [-0.1, -0.05) is 19.1 Å². The third-order valence-electron chi connectivity index (χ3n) is 4.06. The van der Waals surface area contributed by atoms with Crippen LogP contribution in [-0.2, 0) is 16.6 Å². The van der Waals surface area contributed by atoms with Crippen LogP contribution < -0.4 is 10.1 Å². The molecule has 118 valence electrons. The summed E-state index contributed by atoms with van der Waals surface area (Å²) in [4.78, 5) is 0. The van der Waals surface area contributed by atoms with Gasteiger partial charge in [0.05, 0.1) is 13.4 Å². The normalized spacial score (nSPS) is 24.0. The highest BCUT2D eigenvalue weighted by Crippen LogP contribution is 2.19. The van der Waals surface area contributed by atoms with Crippen LogP contribution in [-0.4, -0.2) is 45.2 Å². The van der Waals surface area contributed by atoms with Gasteiger partial charge in [0.1, 0.15) is 5.75 Å². The molecule has 1 N–H and O–H groups in total. The number of hydrogen-bond donors (Lipinski definition) is 1. The predicted octanol–water partition coefficient (Wildman–Crippen LogP) is 1.45. The molecule has 2 atom stereocenters. The van der Waals surface area contributed by atoms with Crippen LogP contribution in [0.15, 0.2) is 24.3 Å². The van der Waals surface area contributed by atoms with Gasteiger partial charge in [-0.2, -0.15) is 0 Å². The quantitative estimate of drug-likeness (QED) is 0.894. The molecule has 1 aromatic rings. The Morgan fingerprint density at radius 3 is 2.52 bits per heavy atom. The Bertz CT molecular complexity index is 557. The first kappa shape index (κ1) is 16.3. The van der Waals surface area contributed by atoms with Crippen molar-refractivity contribution in [2.45, 2.75) is 25.9 Å². The smallest absolute Gasteiger partial charge is 0.211 e. The molecule has 0 aliphatic carbocycles. The Hall–Kier alpha value is -1.11. The van der Waals surface area contributed by atoms with Crippen molar-refractivity contribution in [3.8, 4) is 5.75 Å². The van der Waals surface area contributed by atoms with Crippen LogP contribution >= 0.6 is 0 Å². The van der Waals surface area contributed by atoms with Gasteiger partial charge in [-0.3, -0.25) is 0 Å². The fourth-order valence-corrected chi connectivity index (χ4v) is 3.65. The van der Waals surface area contributed by atoms with Crippen LogP contribution in [0.2, 0.25) is 0 Å². The van der Waals surface area contributed by atoms with Gasteiger partial charge < -0.3 is 10.1 Å². The van der Waals surface area contributed by atoms with Crippen molar-refractivity contribution in [3.05, 3.63) is 29.8 Å². The van der Waals surface area contributed by atoms with E-state index in [4.69, 9.17) is 4.74 Å². The molecule has 0 bridgehead atoms. The highest BCUT2D eigenvalue weighted by molar-refractivity contribution is 7.88. The topological polar surface area (TPSA) is 58.6 Å². The molecule has 1 fully saturated rings. The summed E-state index contributed by atoms with van der Waals surface area (Å²) in [5, 5.41) is 3.53. The summed E-state index contributed by atoms with van der Waals surface area (Å²) in [6, 6.07) is 8.34. The number of nitrogens with one attached hydrogen (secondary N) is 1. The first-order valence-electron chi connectivity index (χ1n) is 7.21. The first-order valence-corrected chi connectivity index (χ1v) is 9.06. The number of rotatable bonds is 5. The second-order valence-corrected chi connectivity index (χ2v) is 7.70. The van der Waals surface area contributed by atoms with E-state index in [1.807, 2.05) is 24.3 Å². The molecule has 5 nitrogen and oxygen atoms in total. The number of methoxy groups -OCH3 is 1. The highest BCUT2D eigenvalue weighted by atomic mass is 32.2. The van der Waals surface area contributed by atoms with Crippen LogP contribution in [0.1, 0.15) is 18.9 Å². The highest BCUT2D eigenvalue weighted by Gasteiger charge is 2.29. The van der Waals surface area contributed by atoms with Crippen molar-refractivity contribution in [1.29, 1.82) is 0 Å². The van der Waals surface area contributed by atoms with Crippen LogP contribution in [0.5, 0.6) is 5.75 Å². The minimum atomic E-state index is -3.07. The lowest BCUT2D eigenvalue weighted by molar-refractivity contribution is 0.220. The van der Waals surface area contributed by atoms with Gasteiger partial charge in [0.2, 0.25) is 10.0 Å². The van der Waals surface area contributed by atoms with Crippen molar-refractivity contribution in [1.82, 2.24) is 9.62 Å². The Kier molecular flexibility index (Phi) is 5.24.